The van der Waals surface area contributed by atoms with Crippen LogP contribution in [0, 0.1) is 5.92 Å². The molecule has 1 aliphatic heterocycles. The maximum atomic E-state index is 12.9. The zero-order valence-corrected chi connectivity index (χ0v) is 18.3. The Hall–Kier alpha value is -3.06. The van der Waals surface area contributed by atoms with Crippen molar-refractivity contribution in [2.45, 2.75) is 19.3 Å². The molecular weight excluding hydrogens is 394 g/mol. The molecule has 2 atom stereocenters. The number of rotatable bonds is 6. The molecule has 164 valence electrons. The molecule has 31 heavy (non-hydrogen) atoms. The quantitative estimate of drug-likeness (QED) is 0.721. The van der Waals surface area contributed by atoms with Crippen LogP contribution in [0.25, 0.3) is 6.08 Å². The zero-order valence-electron chi connectivity index (χ0n) is 18.3. The Labute approximate surface area is 182 Å². The van der Waals surface area contributed by atoms with Crippen molar-refractivity contribution in [3.8, 4) is 5.75 Å². The standard InChI is InChI=1S/C24H29N3O4/c1-16-14-19(16)21-8-5-18(31-21)6-9-23(28)25-20-15-17(4-7-22(20)30-3)24(29)27-12-10-26(2)11-13-27/h4-9,15-16,19H,10-14H2,1-3H3,(H,25,28)/b9-6+. The van der Waals surface area contributed by atoms with Crippen LogP contribution in [0.2, 0.25) is 0 Å². The van der Waals surface area contributed by atoms with Gasteiger partial charge in [0.25, 0.3) is 5.91 Å². The molecule has 1 aliphatic carbocycles. The molecule has 1 N–H and O–H groups in total. The van der Waals surface area contributed by atoms with Gasteiger partial charge in [0, 0.05) is 43.7 Å². The summed E-state index contributed by atoms with van der Waals surface area (Å²) in [7, 11) is 3.58. The molecule has 1 aromatic carbocycles. The third-order valence-corrected chi connectivity index (χ3v) is 6.02. The molecule has 4 rings (SSSR count). The average molecular weight is 424 g/mol. The number of likely N-dealkylation sites (N-methyl/N-ethyl adjacent to an activating group) is 1. The van der Waals surface area contributed by atoms with Crippen molar-refractivity contribution in [1.82, 2.24) is 9.80 Å². The number of carbonyl (C=O) groups excluding carboxylic acids is 2. The number of benzene rings is 1. The van der Waals surface area contributed by atoms with Gasteiger partial charge in [0.15, 0.2) is 0 Å². The summed E-state index contributed by atoms with van der Waals surface area (Å²) in [5.41, 5.74) is 0.989. The highest BCUT2D eigenvalue weighted by Crippen LogP contribution is 2.47. The van der Waals surface area contributed by atoms with Crippen molar-refractivity contribution in [2.24, 2.45) is 5.92 Å². The van der Waals surface area contributed by atoms with E-state index in [1.165, 1.54) is 13.2 Å². The van der Waals surface area contributed by atoms with Gasteiger partial charge in [-0.25, -0.2) is 0 Å². The number of carbonyl (C=O) groups is 2. The lowest BCUT2D eigenvalue weighted by Crippen LogP contribution is -2.47. The van der Waals surface area contributed by atoms with Gasteiger partial charge in [-0.05, 0) is 55.8 Å². The normalized spacial score (nSPS) is 21.3. The highest BCUT2D eigenvalue weighted by atomic mass is 16.5. The van der Waals surface area contributed by atoms with Crippen molar-refractivity contribution >= 4 is 23.6 Å². The molecule has 0 bridgehead atoms. The molecule has 7 nitrogen and oxygen atoms in total. The summed E-state index contributed by atoms with van der Waals surface area (Å²) in [5, 5.41) is 2.81. The number of hydrogen-bond donors (Lipinski definition) is 1. The van der Waals surface area contributed by atoms with Gasteiger partial charge in [-0.2, -0.15) is 0 Å². The van der Waals surface area contributed by atoms with Crippen molar-refractivity contribution < 1.29 is 18.7 Å². The van der Waals surface area contributed by atoms with Crippen LogP contribution in [0.5, 0.6) is 5.75 Å². The van der Waals surface area contributed by atoms with Crippen LogP contribution in [-0.2, 0) is 4.79 Å². The lowest BCUT2D eigenvalue weighted by molar-refractivity contribution is -0.111. The van der Waals surface area contributed by atoms with E-state index in [9.17, 15) is 9.59 Å². The largest absolute Gasteiger partial charge is 0.495 e. The van der Waals surface area contributed by atoms with Crippen molar-refractivity contribution in [1.29, 1.82) is 0 Å². The molecule has 7 heteroatoms. The number of piperazine rings is 1. The Morgan fingerprint density at radius 1 is 1.16 bits per heavy atom. The zero-order chi connectivity index (χ0) is 22.0. The van der Waals surface area contributed by atoms with E-state index in [-0.39, 0.29) is 11.8 Å². The third-order valence-electron chi connectivity index (χ3n) is 6.02. The number of furan rings is 1. The van der Waals surface area contributed by atoms with E-state index in [0.29, 0.717) is 47.7 Å². The summed E-state index contributed by atoms with van der Waals surface area (Å²) < 4.78 is 11.2. The second-order valence-corrected chi connectivity index (χ2v) is 8.39. The first-order valence-electron chi connectivity index (χ1n) is 10.7. The summed E-state index contributed by atoms with van der Waals surface area (Å²) in [6.45, 7) is 5.29. The SMILES string of the molecule is COc1ccc(C(=O)N2CCN(C)CC2)cc1NC(=O)/C=C/c1ccc(C2CC2C)o1. The number of anilines is 1. The fourth-order valence-corrected chi connectivity index (χ4v) is 3.84. The summed E-state index contributed by atoms with van der Waals surface area (Å²) in [6.07, 6.45) is 4.23. The van der Waals surface area contributed by atoms with Crippen LogP contribution in [-0.4, -0.2) is 62.0 Å². The number of nitrogens with zero attached hydrogens (tertiary/aromatic N) is 2. The Morgan fingerprint density at radius 3 is 2.58 bits per heavy atom. The molecular formula is C24H29N3O4. The van der Waals surface area contributed by atoms with Crippen molar-refractivity contribution in [3.05, 3.63) is 53.5 Å². The second-order valence-electron chi connectivity index (χ2n) is 8.39. The van der Waals surface area contributed by atoms with E-state index in [1.807, 2.05) is 24.1 Å². The minimum atomic E-state index is -0.319. The topological polar surface area (TPSA) is 75.0 Å². The lowest BCUT2D eigenvalue weighted by Gasteiger charge is -2.32. The smallest absolute Gasteiger partial charge is 0.254 e. The van der Waals surface area contributed by atoms with Crippen LogP contribution < -0.4 is 10.1 Å². The Morgan fingerprint density at radius 2 is 1.90 bits per heavy atom. The Bertz CT molecular complexity index is 988. The molecule has 2 aliphatic rings. The highest BCUT2D eigenvalue weighted by molar-refractivity contribution is 6.04. The number of hydrogen-bond acceptors (Lipinski definition) is 5. The minimum absolute atomic E-state index is 0.0424. The first-order valence-corrected chi connectivity index (χ1v) is 10.7. The van der Waals surface area contributed by atoms with Crippen LogP contribution in [0.15, 0.2) is 40.8 Å². The van der Waals surface area contributed by atoms with Gasteiger partial charge in [-0.1, -0.05) is 6.92 Å². The molecule has 2 aromatic rings. The molecule has 2 heterocycles. The first kappa shape index (κ1) is 21.2. The fourth-order valence-electron chi connectivity index (χ4n) is 3.84. The second kappa shape index (κ2) is 8.98. The highest BCUT2D eigenvalue weighted by Gasteiger charge is 2.36. The predicted molar refractivity (Wildman–Crippen MR) is 119 cm³/mol. The summed E-state index contributed by atoms with van der Waals surface area (Å²) in [4.78, 5) is 29.4. The van der Waals surface area contributed by atoms with Gasteiger partial charge in [-0.15, -0.1) is 0 Å². The maximum absolute atomic E-state index is 12.9. The molecule has 0 spiro atoms. The van der Waals surface area contributed by atoms with Gasteiger partial charge in [0.05, 0.1) is 12.8 Å². The fraction of sp³-hybridized carbons (Fsp3) is 0.417. The van der Waals surface area contributed by atoms with Crippen LogP contribution in [0.3, 0.4) is 0 Å². The van der Waals surface area contributed by atoms with Gasteiger partial charge >= 0.3 is 0 Å². The molecule has 1 saturated heterocycles. The average Bonchev–Trinajstić information content (AvgIpc) is 3.31. The van der Waals surface area contributed by atoms with Crippen LogP contribution >= 0.6 is 0 Å². The molecule has 0 radical (unpaired) electrons. The van der Waals surface area contributed by atoms with E-state index >= 15 is 0 Å². The van der Waals surface area contributed by atoms with E-state index in [0.717, 1.165) is 25.3 Å². The molecule has 1 aromatic heterocycles. The van der Waals surface area contributed by atoms with Gasteiger partial charge in [-0.3, -0.25) is 9.59 Å². The number of ether oxygens (including phenoxy) is 1. The summed E-state index contributed by atoms with van der Waals surface area (Å²) >= 11 is 0. The maximum Gasteiger partial charge on any atom is 0.254 e. The summed E-state index contributed by atoms with van der Waals surface area (Å²) in [5.74, 6) is 2.93. The van der Waals surface area contributed by atoms with Crippen molar-refractivity contribution in [3.63, 3.8) is 0 Å². The van der Waals surface area contributed by atoms with E-state index < -0.39 is 0 Å². The van der Waals surface area contributed by atoms with Gasteiger partial charge in [0.1, 0.15) is 17.3 Å². The number of amides is 2. The van der Waals surface area contributed by atoms with Crippen molar-refractivity contribution in [2.75, 3.05) is 45.7 Å². The predicted octanol–water partition coefficient (Wildman–Crippen LogP) is 3.45. The van der Waals surface area contributed by atoms with E-state index in [1.54, 1.807) is 24.3 Å². The lowest BCUT2D eigenvalue weighted by atomic mass is 10.1. The van der Waals surface area contributed by atoms with Crippen LogP contribution in [0.1, 0.15) is 41.1 Å². The Kier molecular flexibility index (Phi) is 6.13. The van der Waals surface area contributed by atoms with Crippen LogP contribution in [0.4, 0.5) is 5.69 Å². The van der Waals surface area contributed by atoms with Gasteiger partial charge < -0.3 is 24.3 Å². The molecule has 2 fully saturated rings. The molecule has 2 amide bonds. The van der Waals surface area contributed by atoms with Gasteiger partial charge in [0.2, 0.25) is 5.91 Å². The first-order chi connectivity index (χ1) is 14.9. The molecule has 2 unspecified atom stereocenters. The third kappa shape index (κ3) is 4.99. The van der Waals surface area contributed by atoms with E-state index in [2.05, 4.69) is 17.1 Å². The number of methoxy groups -OCH3 is 1. The monoisotopic (exact) mass is 423 g/mol. The Balaban J connectivity index is 1.42. The number of nitrogens with one attached hydrogen (secondary N) is 1. The minimum Gasteiger partial charge on any atom is -0.495 e. The molecule has 1 saturated carbocycles. The van der Waals surface area contributed by atoms with E-state index in [4.69, 9.17) is 9.15 Å². The summed E-state index contributed by atoms with van der Waals surface area (Å²) in [6, 6.07) is 8.96.